The van der Waals surface area contributed by atoms with Gasteiger partial charge in [0.15, 0.2) is 0 Å². The maximum Gasteiger partial charge on any atom is 1.00 e. The summed E-state index contributed by atoms with van der Waals surface area (Å²) in [5.74, 6) is -0.551. The van der Waals surface area contributed by atoms with Crippen LogP contribution in [-0.4, -0.2) is 20.0 Å². The van der Waals surface area contributed by atoms with Crippen molar-refractivity contribution >= 4 is 12.4 Å². The summed E-state index contributed by atoms with van der Waals surface area (Å²) in [6, 6.07) is 4.31. The fourth-order valence-corrected chi connectivity index (χ4v) is 1.04. The first-order valence-electron chi connectivity index (χ1n) is 4.11. The average molecular weight is 264 g/mol. The zero-order valence-electron chi connectivity index (χ0n) is 8.47. The van der Waals surface area contributed by atoms with Crippen LogP contribution in [0.2, 0.25) is 0 Å². The third-order valence-corrected chi connectivity index (χ3v) is 1.64. The summed E-state index contributed by atoms with van der Waals surface area (Å²) < 4.78 is 65.0. The van der Waals surface area contributed by atoms with Crippen molar-refractivity contribution in [1.29, 1.82) is 0 Å². The molecule has 0 saturated heterocycles. The molecule has 84 valence electrons. The summed E-state index contributed by atoms with van der Waals surface area (Å²) in [4.78, 5) is 0. The first kappa shape index (κ1) is 16.4. The van der Waals surface area contributed by atoms with Crippen molar-refractivity contribution in [1.82, 2.24) is 0 Å². The van der Waals surface area contributed by atoms with Gasteiger partial charge in [0.25, 0.3) is 6.43 Å². The summed E-state index contributed by atoms with van der Waals surface area (Å²) in [7, 11) is 0. The first-order chi connectivity index (χ1) is 6.91. The van der Waals surface area contributed by atoms with Crippen LogP contribution in [0.5, 0.6) is 5.75 Å². The van der Waals surface area contributed by atoms with Gasteiger partial charge in [0.2, 0.25) is 0 Å². The molecule has 0 spiro atoms. The SMILES string of the molecule is FC(F)COc1ccccc1[B-](F)(F)F.[K+]. The normalized spacial score (nSPS) is 11.1. The Balaban J connectivity index is 0.00000225. The molecule has 8 heteroatoms. The minimum atomic E-state index is -5.24. The molecule has 1 nitrogen and oxygen atoms in total. The average Bonchev–Trinajstić information content (AvgIpc) is 2.13. The smallest absolute Gasteiger partial charge is 0.491 e. The van der Waals surface area contributed by atoms with Gasteiger partial charge in [0.1, 0.15) is 6.61 Å². The number of hydrogen-bond donors (Lipinski definition) is 0. The van der Waals surface area contributed by atoms with E-state index in [9.17, 15) is 21.7 Å². The molecular formula is C8H7BF5KO. The van der Waals surface area contributed by atoms with Crippen molar-refractivity contribution in [3.8, 4) is 5.75 Å². The quantitative estimate of drug-likeness (QED) is 0.520. The molecule has 1 rings (SSSR count). The van der Waals surface area contributed by atoms with E-state index in [1.807, 2.05) is 0 Å². The van der Waals surface area contributed by atoms with E-state index in [2.05, 4.69) is 4.74 Å². The fraction of sp³-hybridized carbons (Fsp3) is 0.250. The molecule has 0 unspecified atom stereocenters. The summed E-state index contributed by atoms with van der Waals surface area (Å²) in [6.45, 7) is -6.28. The molecule has 0 aromatic heterocycles. The molecule has 0 aliphatic heterocycles. The summed E-state index contributed by atoms with van der Waals surface area (Å²) in [5.41, 5.74) is -0.988. The predicted octanol–water partition coefficient (Wildman–Crippen LogP) is -0.611. The minimum Gasteiger partial charge on any atom is -0.491 e. The molecule has 0 radical (unpaired) electrons. The molecule has 0 aliphatic rings. The van der Waals surface area contributed by atoms with Crippen molar-refractivity contribution in [3.63, 3.8) is 0 Å². The molecule has 0 saturated carbocycles. The minimum absolute atomic E-state index is 0. The molecule has 0 amide bonds. The Kier molecular flexibility index (Phi) is 7.11. The fourth-order valence-electron chi connectivity index (χ4n) is 1.04. The van der Waals surface area contributed by atoms with Gasteiger partial charge >= 0.3 is 58.4 Å². The maximum absolute atomic E-state index is 12.4. The van der Waals surface area contributed by atoms with Gasteiger partial charge in [-0.15, -0.1) is 0 Å². The van der Waals surface area contributed by atoms with Gasteiger partial charge in [-0.2, -0.15) is 0 Å². The van der Waals surface area contributed by atoms with E-state index in [4.69, 9.17) is 0 Å². The number of hydrogen-bond acceptors (Lipinski definition) is 1. The molecule has 0 fully saturated rings. The molecule has 0 N–H and O–H groups in total. The van der Waals surface area contributed by atoms with E-state index in [1.165, 1.54) is 12.1 Å². The Morgan fingerprint density at radius 1 is 1.12 bits per heavy atom. The molecule has 0 heterocycles. The van der Waals surface area contributed by atoms with Crippen molar-refractivity contribution in [2.45, 2.75) is 6.43 Å². The van der Waals surface area contributed by atoms with Crippen LogP contribution in [0.25, 0.3) is 0 Å². The van der Waals surface area contributed by atoms with E-state index < -0.39 is 31.2 Å². The third-order valence-electron chi connectivity index (χ3n) is 1.64. The Labute approximate surface area is 132 Å². The van der Waals surface area contributed by atoms with Crippen LogP contribution < -0.4 is 61.6 Å². The topological polar surface area (TPSA) is 9.23 Å². The molecular weight excluding hydrogens is 257 g/mol. The maximum atomic E-state index is 12.4. The zero-order valence-corrected chi connectivity index (χ0v) is 11.6. The number of halogens is 5. The molecule has 0 aliphatic carbocycles. The van der Waals surface area contributed by atoms with Gasteiger partial charge in [-0.3, -0.25) is 0 Å². The number of alkyl halides is 2. The summed E-state index contributed by atoms with van der Waals surface area (Å²) in [5, 5.41) is 0. The van der Waals surface area contributed by atoms with Crippen LogP contribution in [-0.2, 0) is 0 Å². The Hall–Kier alpha value is 0.371. The second-order valence-corrected chi connectivity index (χ2v) is 2.81. The van der Waals surface area contributed by atoms with E-state index >= 15 is 0 Å². The van der Waals surface area contributed by atoms with E-state index in [0.717, 1.165) is 12.1 Å². The third kappa shape index (κ3) is 5.13. The molecule has 1 aromatic rings. The largest absolute Gasteiger partial charge is 1.00 e. The number of rotatable bonds is 4. The van der Waals surface area contributed by atoms with Gasteiger partial charge in [0, 0.05) is 0 Å². The van der Waals surface area contributed by atoms with Crippen LogP contribution >= 0.6 is 0 Å². The van der Waals surface area contributed by atoms with Crippen LogP contribution in [0.15, 0.2) is 24.3 Å². The van der Waals surface area contributed by atoms with Crippen LogP contribution in [0.1, 0.15) is 0 Å². The van der Waals surface area contributed by atoms with Crippen molar-refractivity contribution < 1.29 is 77.8 Å². The van der Waals surface area contributed by atoms with Gasteiger partial charge in [-0.25, -0.2) is 8.78 Å². The second kappa shape index (κ2) is 6.95. The van der Waals surface area contributed by atoms with Crippen LogP contribution in [0.4, 0.5) is 21.7 Å². The van der Waals surface area contributed by atoms with Crippen LogP contribution in [0, 0.1) is 0 Å². The van der Waals surface area contributed by atoms with Crippen molar-refractivity contribution in [2.75, 3.05) is 6.61 Å². The molecule has 1 aromatic carbocycles. The van der Waals surface area contributed by atoms with Crippen molar-refractivity contribution in [3.05, 3.63) is 24.3 Å². The molecule has 16 heavy (non-hydrogen) atoms. The second-order valence-electron chi connectivity index (χ2n) is 2.81. The standard InChI is InChI=1S/C8H7BF5O.K/c10-8(11)5-15-7-4-2-1-3-6(7)9(12,13)14;/h1-4,8H,5H2;/q-1;+1. The monoisotopic (exact) mass is 264 g/mol. The molecule has 0 atom stereocenters. The first-order valence-corrected chi connectivity index (χ1v) is 4.11. The van der Waals surface area contributed by atoms with Crippen LogP contribution in [0.3, 0.4) is 0 Å². The Morgan fingerprint density at radius 3 is 2.19 bits per heavy atom. The summed E-state index contributed by atoms with van der Waals surface area (Å²) >= 11 is 0. The number of ether oxygens (including phenoxy) is 1. The van der Waals surface area contributed by atoms with Gasteiger partial charge in [0.05, 0.1) is 5.75 Å². The Bertz CT molecular complexity index is 330. The van der Waals surface area contributed by atoms with E-state index in [1.54, 1.807) is 0 Å². The molecule has 0 bridgehead atoms. The van der Waals surface area contributed by atoms with Gasteiger partial charge in [-0.1, -0.05) is 23.7 Å². The van der Waals surface area contributed by atoms with E-state index in [0.29, 0.717) is 0 Å². The van der Waals surface area contributed by atoms with E-state index in [-0.39, 0.29) is 51.4 Å². The van der Waals surface area contributed by atoms with Gasteiger partial charge < -0.3 is 17.7 Å². The zero-order chi connectivity index (χ0) is 11.5. The number of benzene rings is 1. The van der Waals surface area contributed by atoms with Crippen molar-refractivity contribution in [2.24, 2.45) is 0 Å². The van der Waals surface area contributed by atoms with Gasteiger partial charge in [-0.05, 0) is 6.07 Å². The summed E-state index contributed by atoms with van der Waals surface area (Å²) in [6.07, 6.45) is -2.79. The predicted molar refractivity (Wildman–Crippen MR) is 46.7 cm³/mol. The Morgan fingerprint density at radius 2 is 1.69 bits per heavy atom. The number of para-hydroxylation sites is 1.